The molecule has 15 nitrogen and oxygen atoms in total. The van der Waals surface area contributed by atoms with Gasteiger partial charge in [-0.05, 0) is 111 Å². The number of ether oxygens (including phenoxy) is 5. The molecule has 8 aliphatic rings. The molecule has 15 heteroatoms. The van der Waals surface area contributed by atoms with E-state index >= 15 is 0 Å². The molecule has 8 rings (SSSR count). The summed E-state index contributed by atoms with van der Waals surface area (Å²) < 4.78 is 30.5. The first kappa shape index (κ1) is 42.6. The van der Waals surface area contributed by atoms with Gasteiger partial charge >= 0.3 is 5.97 Å². The van der Waals surface area contributed by atoms with E-state index < -0.39 is 97.2 Å². The lowest BCUT2D eigenvalue weighted by atomic mass is 9.31. The van der Waals surface area contributed by atoms with E-state index in [-0.39, 0.29) is 59.1 Å². The van der Waals surface area contributed by atoms with Gasteiger partial charge in [-0.1, -0.05) is 27.7 Å². The molecule has 2 bridgehead atoms. The molecule has 5 saturated carbocycles. The maximum atomic E-state index is 14.3. The monoisotopic (exact) mass is 812 g/mol. The summed E-state index contributed by atoms with van der Waals surface area (Å²) in [5.41, 5.74) is -2.56. The van der Waals surface area contributed by atoms with E-state index in [1.807, 2.05) is 13.8 Å². The largest absolute Gasteiger partial charge is 0.456 e. The Morgan fingerprint density at radius 1 is 0.596 bits per heavy atom. The zero-order valence-electron chi connectivity index (χ0n) is 34.1. The van der Waals surface area contributed by atoms with Crippen LogP contribution >= 0.6 is 0 Å². The van der Waals surface area contributed by atoms with E-state index in [2.05, 4.69) is 20.8 Å². The lowest BCUT2D eigenvalue weighted by molar-refractivity contribution is -0.379. The zero-order chi connectivity index (χ0) is 41.2. The summed E-state index contributed by atoms with van der Waals surface area (Å²) in [7, 11) is 0. The highest BCUT2D eigenvalue weighted by atomic mass is 16.8. The Kier molecular flexibility index (Phi) is 10.9. The standard InChI is InChI=1S/C42H68O15/c1-37-12-11-27(55-35-33(31(50)29(48)23(17-44)54-35)56-34-32(51)30(49)28(47)22(16-43)53-34)38(2,18-45)24(37)10-14-39(3)25(37)6-7-26-40(39,4)13-8-21-20-9-15-42(21,26)36(52)57-41(20,5)19-46/h20-35,43-51H,6-19H2,1-5H3/t20-,21-,22+,23+,24+,25+,26-,27-,28+,29+,30-,31-,32+,33+,34-,35-,37-,38+,39+,40+,41-,42+/m0/s1. The summed E-state index contributed by atoms with van der Waals surface area (Å²) in [6.45, 7) is 9.49. The van der Waals surface area contributed by atoms with Gasteiger partial charge in [0.2, 0.25) is 0 Å². The maximum Gasteiger partial charge on any atom is 0.313 e. The van der Waals surface area contributed by atoms with E-state index in [1.54, 1.807) is 0 Å². The molecule has 0 radical (unpaired) electrons. The summed E-state index contributed by atoms with van der Waals surface area (Å²) in [5.74, 6) is 0.762. The molecular weight excluding hydrogens is 744 g/mol. The fourth-order valence-electron chi connectivity index (χ4n) is 15.4. The second kappa shape index (κ2) is 14.5. The number of aliphatic hydroxyl groups excluding tert-OH is 9. The SMILES string of the molecule is C[C@]12CC[C@H](O[C@@H]3O[C@H](CO)[C@@H](O)[C@H](O)[C@H]3O[C@@H]3O[C@H](CO)[C@@H](O)[C@H](O)[C@H]3O)[C@](C)(CO)[C@@H]1CC[C@]1(C)[C@@H]2CC[C@@H]2[C@@]34CC[C@@H]([C@@H]3CC[C@]21C)[C@](C)(CO)OC4=O. The number of hydrogen-bond donors (Lipinski definition) is 9. The number of carbonyl (C=O) groups is 1. The quantitative estimate of drug-likeness (QED) is 0.119. The van der Waals surface area contributed by atoms with Crippen molar-refractivity contribution in [2.24, 2.45) is 56.7 Å². The zero-order valence-corrected chi connectivity index (χ0v) is 34.1. The summed E-state index contributed by atoms with van der Waals surface area (Å²) in [4.78, 5) is 14.3. The van der Waals surface area contributed by atoms with Gasteiger partial charge in [0, 0.05) is 11.3 Å². The van der Waals surface area contributed by atoms with Crippen molar-refractivity contribution in [3.63, 3.8) is 0 Å². The van der Waals surface area contributed by atoms with Crippen molar-refractivity contribution >= 4 is 5.97 Å². The van der Waals surface area contributed by atoms with Gasteiger partial charge in [0.25, 0.3) is 0 Å². The van der Waals surface area contributed by atoms with Gasteiger partial charge in [0.05, 0.1) is 37.9 Å². The van der Waals surface area contributed by atoms with Crippen LogP contribution in [0.25, 0.3) is 0 Å². The van der Waals surface area contributed by atoms with Crippen LogP contribution in [0.15, 0.2) is 0 Å². The number of carbonyl (C=O) groups excluding carboxylic acids is 1. The molecule has 3 saturated heterocycles. The normalized spacial score (nSPS) is 58.5. The number of cyclic esters (lactones) is 1. The van der Waals surface area contributed by atoms with Crippen LogP contribution in [-0.4, -0.2) is 151 Å². The van der Waals surface area contributed by atoms with Gasteiger partial charge in [0.1, 0.15) is 54.4 Å². The molecule has 0 aromatic heterocycles. The van der Waals surface area contributed by atoms with E-state index in [0.29, 0.717) is 12.3 Å². The predicted octanol–water partition coefficient (Wildman–Crippen LogP) is 0.357. The summed E-state index contributed by atoms with van der Waals surface area (Å²) in [6, 6.07) is 0. The highest BCUT2D eigenvalue weighted by Crippen LogP contribution is 2.79. The molecule has 8 fully saturated rings. The highest BCUT2D eigenvalue weighted by molar-refractivity contribution is 5.80. The lowest BCUT2D eigenvalue weighted by Crippen LogP contribution is -2.70. The Hall–Kier alpha value is -1.05. The minimum Gasteiger partial charge on any atom is -0.456 e. The average Bonchev–Trinajstić information content (AvgIpc) is 3.55. The Balaban J connectivity index is 1.05. The topological polar surface area (TPSA) is 245 Å². The van der Waals surface area contributed by atoms with E-state index in [1.165, 1.54) is 0 Å². The first-order valence-corrected chi connectivity index (χ1v) is 21.5. The minimum atomic E-state index is -1.79. The van der Waals surface area contributed by atoms with Crippen LogP contribution in [-0.2, 0) is 28.5 Å². The molecule has 0 aromatic carbocycles. The van der Waals surface area contributed by atoms with E-state index in [9.17, 15) is 50.8 Å². The molecule has 0 spiro atoms. The Bertz CT molecular complexity index is 1520. The van der Waals surface area contributed by atoms with Gasteiger partial charge in [-0.3, -0.25) is 4.79 Å². The van der Waals surface area contributed by atoms with Crippen LogP contribution in [0.5, 0.6) is 0 Å². The number of esters is 1. The predicted molar refractivity (Wildman–Crippen MR) is 198 cm³/mol. The molecule has 0 unspecified atom stereocenters. The van der Waals surface area contributed by atoms with E-state index in [4.69, 9.17) is 23.7 Å². The smallest absolute Gasteiger partial charge is 0.313 e. The minimum absolute atomic E-state index is 0.0137. The van der Waals surface area contributed by atoms with Gasteiger partial charge in [-0.25, -0.2) is 0 Å². The van der Waals surface area contributed by atoms with Crippen LogP contribution in [0, 0.1) is 56.7 Å². The first-order valence-electron chi connectivity index (χ1n) is 21.5. The van der Waals surface area contributed by atoms with Gasteiger partial charge in [0.15, 0.2) is 12.6 Å². The molecule has 3 aliphatic heterocycles. The van der Waals surface area contributed by atoms with Crippen LogP contribution in [0.1, 0.15) is 98.8 Å². The van der Waals surface area contributed by atoms with Gasteiger partial charge < -0.3 is 69.6 Å². The maximum absolute atomic E-state index is 14.3. The van der Waals surface area contributed by atoms with Crippen molar-refractivity contribution in [3.8, 4) is 0 Å². The van der Waals surface area contributed by atoms with Crippen LogP contribution in [0.3, 0.4) is 0 Å². The number of hydrogen-bond acceptors (Lipinski definition) is 15. The molecule has 3 heterocycles. The molecule has 0 amide bonds. The molecule has 57 heavy (non-hydrogen) atoms. The number of aliphatic hydroxyl groups is 9. The van der Waals surface area contributed by atoms with Crippen molar-refractivity contribution in [1.29, 1.82) is 0 Å². The van der Waals surface area contributed by atoms with Crippen molar-refractivity contribution in [2.75, 3.05) is 26.4 Å². The van der Waals surface area contributed by atoms with Gasteiger partial charge in [-0.2, -0.15) is 0 Å². The third-order valence-corrected chi connectivity index (χ3v) is 18.6. The highest BCUT2D eigenvalue weighted by Gasteiger charge is 2.76. The Morgan fingerprint density at radius 3 is 1.84 bits per heavy atom. The molecule has 22 atom stereocenters. The second-order valence-corrected chi connectivity index (χ2v) is 20.6. The van der Waals surface area contributed by atoms with Crippen molar-refractivity contribution in [2.45, 2.75) is 172 Å². The average molecular weight is 813 g/mol. The van der Waals surface area contributed by atoms with Crippen molar-refractivity contribution in [3.05, 3.63) is 0 Å². The van der Waals surface area contributed by atoms with Crippen molar-refractivity contribution < 1.29 is 74.4 Å². The summed E-state index contributed by atoms with van der Waals surface area (Å²) in [5, 5.41) is 95.2. The molecular formula is C42H68O15. The number of rotatable bonds is 8. The van der Waals surface area contributed by atoms with Crippen LogP contribution in [0.4, 0.5) is 0 Å². The van der Waals surface area contributed by atoms with Crippen LogP contribution < -0.4 is 0 Å². The molecule has 9 N–H and O–H groups in total. The Morgan fingerprint density at radius 2 is 1.19 bits per heavy atom. The van der Waals surface area contributed by atoms with E-state index in [0.717, 1.165) is 57.8 Å². The van der Waals surface area contributed by atoms with Gasteiger partial charge in [-0.15, -0.1) is 0 Å². The van der Waals surface area contributed by atoms with Crippen molar-refractivity contribution in [1.82, 2.24) is 0 Å². The number of fused-ring (bicyclic) bond motifs is 5. The second-order valence-electron chi connectivity index (χ2n) is 20.6. The van der Waals surface area contributed by atoms with Crippen LogP contribution in [0.2, 0.25) is 0 Å². The first-order chi connectivity index (χ1) is 26.8. The Labute approximate surface area is 335 Å². The lowest BCUT2D eigenvalue weighted by Gasteiger charge is -2.73. The fourth-order valence-corrected chi connectivity index (χ4v) is 15.4. The molecule has 0 aromatic rings. The third-order valence-electron chi connectivity index (χ3n) is 18.6. The molecule has 326 valence electrons. The summed E-state index contributed by atoms with van der Waals surface area (Å²) >= 11 is 0. The third kappa shape index (κ3) is 5.73. The fraction of sp³-hybridized carbons (Fsp3) is 0.976. The summed E-state index contributed by atoms with van der Waals surface area (Å²) in [6.07, 6.45) is -7.67. The molecule has 5 aliphatic carbocycles.